The van der Waals surface area contributed by atoms with Crippen LogP contribution < -0.4 is 0 Å². The number of nitrogens with zero attached hydrogens (tertiary/aromatic N) is 3. The van der Waals surface area contributed by atoms with Gasteiger partial charge < -0.3 is 9.80 Å². The van der Waals surface area contributed by atoms with Crippen LogP contribution in [-0.4, -0.2) is 67.1 Å². The molecule has 2 aliphatic rings. The monoisotopic (exact) mass is 439 g/mol. The molecular formula is C23H25N3O4S. The first-order valence-electron chi connectivity index (χ1n) is 10.2. The van der Waals surface area contributed by atoms with Crippen LogP contribution in [0.1, 0.15) is 27.9 Å². The van der Waals surface area contributed by atoms with Gasteiger partial charge in [-0.1, -0.05) is 42.5 Å². The SMILES string of the molecule is C=C1c2ccccc2C(=O)N1CCC(=O)N1CCN(S(=O)(=O)c2ccc(C)cc2)CC1. The van der Waals surface area contributed by atoms with Crippen molar-refractivity contribution in [3.05, 3.63) is 71.8 Å². The molecule has 162 valence electrons. The molecule has 2 amide bonds. The molecule has 0 saturated carbocycles. The van der Waals surface area contributed by atoms with E-state index in [-0.39, 0.29) is 42.8 Å². The molecule has 2 aromatic rings. The Morgan fingerprint density at radius 3 is 2.19 bits per heavy atom. The number of benzene rings is 2. The van der Waals surface area contributed by atoms with Gasteiger partial charge in [-0.2, -0.15) is 4.31 Å². The maximum atomic E-state index is 12.8. The highest BCUT2D eigenvalue weighted by Crippen LogP contribution is 2.31. The van der Waals surface area contributed by atoms with Gasteiger partial charge in [-0.05, 0) is 25.1 Å². The Hall–Kier alpha value is -2.97. The number of sulfonamides is 1. The quantitative estimate of drug-likeness (QED) is 0.717. The lowest BCUT2D eigenvalue weighted by atomic mass is 10.1. The molecule has 0 bridgehead atoms. The van der Waals surface area contributed by atoms with Crippen molar-refractivity contribution in [2.45, 2.75) is 18.2 Å². The minimum Gasteiger partial charge on any atom is -0.340 e. The van der Waals surface area contributed by atoms with E-state index in [0.717, 1.165) is 11.1 Å². The summed E-state index contributed by atoms with van der Waals surface area (Å²) < 4.78 is 27.1. The van der Waals surface area contributed by atoms with Crippen molar-refractivity contribution < 1.29 is 18.0 Å². The van der Waals surface area contributed by atoms with Crippen molar-refractivity contribution in [1.29, 1.82) is 0 Å². The zero-order valence-corrected chi connectivity index (χ0v) is 18.3. The van der Waals surface area contributed by atoms with Crippen LogP contribution >= 0.6 is 0 Å². The van der Waals surface area contributed by atoms with E-state index in [1.54, 1.807) is 40.1 Å². The van der Waals surface area contributed by atoms with Crippen molar-refractivity contribution in [3.8, 4) is 0 Å². The number of aryl methyl sites for hydroxylation is 1. The molecule has 2 aromatic carbocycles. The van der Waals surface area contributed by atoms with Crippen molar-refractivity contribution in [1.82, 2.24) is 14.1 Å². The molecule has 0 radical (unpaired) electrons. The van der Waals surface area contributed by atoms with Gasteiger partial charge in [-0.3, -0.25) is 9.59 Å². The highest BCUT2D eigenvalue weighted by molar-refractivity contribution is 7.89. The zero-order valence-electron chi connectivity index (χ0n) is 17.5. The van der Waals surface area contributed by atoms with E-state index in [2.05, 4.69) is 6.58 Å². The first kappa shape index (κ1) is 21.3. The second-order valence-electron chi connectivity index (χ2n) is 7.80. The summed E-state index contributed by atoms with van der Waals surface area (Å²) in [6.45, 7) is 7.33. The molecule has 2 heterocycles. The predicted molar refractivity (Wildman–Crippen MR) is 118 cm³/mol. The minimum absolute atomic E-state index is 0.0936. The van der Waals surface area contributed by atoms with Gasteiger partial charge in [0.05, 0.1) is 4.90 Å². The number of hydrogen-bond donors (Lipinski definition) is 0. The first-order chi connectivity index (χ1) is 14.8. The Bertz CT molecular complexity index is 1100. The fourth-order valence-corrected chi connectivity index (χ4v) is 5.40. The van der Waals surface area contributed by atoms with E-state index in [4.69, 9.17) is 0 Å². The third-order valence-electron chi connectivity index (χ3n) is 5.84. The molecule has 7 nitrogen and oxygen atoms in total. The van der Waals surface area contributed by atoms with Crippen LogP contribution in [-0.2, 0) is 14.8 Å². The number of piperazine rings is 1. The van der Waals surface area contributed by atoms with E-state index < -0.39 is 10.0 Å². The number of fused-ring (bicyclic) bond motifs is 1. The highest BCUT2D eigenvalue weighted by Gasteiger charge is 2.33. The average Bonchev–Trinajstić information content (AvgIpc) is 3.02. The van der Waals surface area contributed by atoms with Crippen LogP contribution in [0.2, 0.25) is 0 Å². The molecule has 0 unspecified atom stereocenters. The van der Waals surface area contributed by atoms with Gasteiger partial charge in [0.2, 0.25) is 15.9 Å². The number of carbonyl (C=O) groups excluding carboxylic acids is 2. The van der Waals surface area contributed by atoms with Crippen LogP contribution in [0.15, 0.2) is 60.0 Å². The van der Waals surface area contributed by atoms with E-state index in [9.17, 15) is 18.0 Å². The molecule has 0 spiro atoms. The zero-order chi connectivity index (χ0) is 22.2. The summed E-state index contributed by atoms with van der Waals surface area (Å²) in [5.74, 6) is -0.230. The molecule has 2 aliphatic heterocycles. The number of rotatable bonds is 5. The Morgan fingerprint density at radius 1 is 0.968 bits per heavy atom. The molecule has 0 atom stereocenters. The van der Waals surface area contributed by atoms with Gasteiger partial charge in [0.25, 0.3) is 5.91 Å². The van der Waals surface area contributed by atoms with Crippen LogP contribution in [0.3, 0.4) is 0 Å². The largest absolute Gasteiger partial charge is 0.340 e. The minimum atomic E-state index is -3.57. The maximum absolute atomic E-state index is 12.8. The van der Waals surface area contributed by atoms with Crippen molar-refractivity contribution in [2.24, 2.45) is 0 Å². The summed E-state index contributed by atoms with van der Waals surface area (Å²) in [5.41, 5.74) is 3.02. The summed E-state index contributed by atoms with van der Waals surface area (Å²) in [5, 5.41) is 0. The second kappa shape index (κ2) is 8.28. The smallest absolute Gasteiger partial charge is 0.258 e. The van der Waals surface area contributed by atoms with E-state index in [0.29, 0.717) is 24.4 Å². The lowest BCUT2D eigenvalue weighted by Crippen LogP contribution is -2.50. The standard InChI is InChI=1S/C23H25N3O4S/c1-17-7-9-19(10-8-17)31(29,30)25-15-13-24(14-16-25)22(27)11-12-26-18(2)20-5-3-4-6-21(20)23(26)28/h3-10H,2,11-16H2,1H3. The van der Waals surface area contributed by atoms with Gasteiger partial charge in [0.1, 0.15) is 0 Å². The van der Waals surface area contributed by atoms with Crippen molar-refractivity contribution in [3.63, 3.8) is 0 Å². The molecule has 4 rings (SSSR count). The van der Waals surface area contributed by atoms with Crippen LogP contribution in [0.4, 0.5) is 0 Å². The summed E-state index contributed by atoms with van der Waals surface area (Å²) in [4.78, 5) is 28.7. The molecule has 1 saturated heterocycles. The number of carbonyl (C=O) groups is 2. The number of hydrogen-bond acceptors (Lipinski definition) is 4. The first-order valence-corrected chi connectivity index (χ1v) is 11.7. The summed E-state index contributed by atoms with van der Waals surface area (Å²) >= 11 is 0. The lowest BCUT2D eigenvalue weighted by Gasteiger charge is -2.34. The fourth-order valence-electron chi connectivity index (χ4n) is 3.97. The normalized spacial score (nSPS) is 17.2. The molecule has 0 aliphatic carbocycles. The van der Waals surface area contributed by atoms with Crippen LogP contribution in [0.5, 0.6) is 0 Å². The van der Waals surface area contributed by atoms with Gasteiger partial charge in [-0.25, -0.2) is 8.42 Å². The average molecular weight is 440 g/mol. The van der Waals surface area contributed by atoms with E-state index >= 15 is 0 Å². The Morgan fingerprint density at radius 2 is 1.58 bits per heavy atom. The van der Waals surface area contributed by atoms with Gasteiger partial charge >= 0.3 is 0 Å². The Kier molecular flexibility index (Phi) is 5.68. The van der Waals surface area contributed by atoms with Crippen molar-refractivity contribution in [2.75, 3.05) is 32.7 Å². The molecule has 8 heteroatoms. The van der Waals surface area contributed by atoms with Crippen molar-refractivity contribution >= 4 is 27.5 Å². The Balaban J connectivity index is 1.32. The molecule has 0 N–H and O–H groups in total. The van der Waals surface area contributed by atoms with Gasteiger partial charge in [-0.15, -0.1) is 0 Å². The summed E-state index contributed by atoms with van der Waals surface area (Å²) in [6.07, 6.45) is 0.170. The number of amides is 2. The third kappa shape index (κ3) is 4.00. The highest BCUT2D eigenvalue weighted by atomic mass is 32.2. The molecule has 0 aromatic heterocycles. The van der Waals surface area contributed by atoms with E-state index in [1.165, 1.54) is 4.31 Å². The van der Waals surface area contributed by atoms with Gasteiger partial charge in [0, 0.05) is 56.0 Å². The predicted octanol–water partition coefficient (Wildman–Crippen LogP) is 2.34. The second-order valence-corrected chi connectivity index (χ2v) is 9.73. The molecular weight excluding hydrogens is 414 g/mol. The lowest BCUT2D eigenvalue weighted by molar-refractivity contribution is -0.132. The summed E-state index contributed by atoms with van der Waals surface area (Å²) in [6, 6.07) is 14.1. The van der Waals surface area contributed by atoms with Gasteiger partial charge in [0.15, 0.2) is 0 Å². The molecule has 1 fully saturated rings. The van der Waals surface area contributed by atoms with E-state index in [1.807, 2.05) is 25.1 Å². The van der Waals surface area contributed by atoms with Crippen LogP contribution in [0.25, 0.3) is 5.70 Å². The Labute approximate surface area is 182 Å². The molecule has 31 heavy (non-hydrogen) atoms. The maximum Gasteiger partial charge on any atom is 0.258 e. The summed E-state index contributed by atoms with van der Waals surface area (Å²) in [7, 11) is -3.57. The topological polar surface area (TPSA) is 78.0 Å². The third-order valence-corrected chi connectivity index (χ3v) is 7.75. The fraction of sp³-hybridized carbons (Fsp3) is 0.304. The van der Waals surface area contributed by atoms with Crippen LogP contribution in [0, 0.1) is 6.92 Å².